The molecule has 0 saturated carbocycles. The summed E-state index contributed by atoms with van der Waals surface area (Å²) < 4.78 is 0. The first-order valence-corrected chi connectivity index (χ1v) is 6.15. The summed E-state index contributed by atoms with van der Waals surface area (Å²) in [6.07, 6.45) is -0.520. The van der Waals surface area contributed by atoms with Crippen LogP contribution in [0.2, 0.25) is 5.02 Å². The molecule has 1 aromatic rings. The van der Waals surface area contributed by atoms with Crippen molar-refractivity contribution in [3.05, 3.63) is 34.9 Å². The predicted octanol–water partition coefficient (Wildman–Crippen LogP) is 2.14. The van der Waals surface area contributed by atoms with Crippen LogP contribution >= 0.6 is 11.6 Å². The number of halogens is 1. The molecular weight excluding hydrogens is 240 g/mol. The Morgan fingerprint density at radius 1 is 1.18 bits per heavy atom. The third-order valence-electron chi connectivity index (χ3n) is 2.96. The van der Waals surface area contributed by atoms with Gasteiger partial charge >= 0.3 is 0 Å². The molecule has 3 atom stereocenters. The Bertz CT molecular complexity index is 326. The molecule has 0 aliphatic carbocycles. The fraction of sp³-hybridized carbons (Fsp3) is 0.538. The van der Waals surface area contributed by atoms with Crippen molar-refractivity contribution < 1.29 is 15.3 Å². The molecule has 0 aliphatic rings. The average Bonchev–Trinajstić information content (AvgIpc) is 2.30. The molecule has 4 heteroatoms. The standard InChI is InChI=1S/C13H19ClO3/c1-9(6-7-15)12(16)8-13(17)10-2-4-11(14)5-3-10/h2-5,9,12-13,15-17H,6-8H2,1H3. The van der Waals surface area contributed by atoms with E-state index in [9.17, 15) is 10.2 Å². The molecule has 17 heavy (non-hydrogen) atoms. The van der Waals surface area contributed by atoms with E-state index in [-0.39, 0.29) is 18.9 Å². The van der Waals surface area contributed by atoms with Gasteiger partial charge < -0.3 is 15.3 Å². The van der Waals surface area contributed by atoms with Crippen molar-refractivity contribution in [2.75, 3.05) is 6.61 Å². The average molecular weight is 259 g/mol. The smallest absolute Gasteiger partial charge is 0.0814 e. The van der Waals surface area contributed by atoms with Crippen LogP contribution in [0.25, 0.3) is 0 Å². The quantitative estimate of drug-likeness (QED) is 0.733. The summed E-state index contributed by atoms with van der Waals surface area (Å²) in [5.41, 5.74) is 0.740. The summed E-state index contributed by atoms with van der Waals surface area (Å²) in [5.74, 6) is -0.0260. The van der Waals surface area contributed by atoms with Gasteiger partial charge in [-0.2, -0.15) is 0 Å². The normalized spacial score (nSPS) is 16.5. The Morgan fingerprint density at radius 2 is 1.76 bits per heavy atom. The van der Waals surface area contributed by atoms with Crippen LogP contribution in [0.15, 0.2) is 24.3 Å². The van der Waals surface area contributed by atoms with Gasteiger partial charge in [0.2, 0.25) is 0 Å². The molecule has 0 bridgehead atoms. The van der Waals surface area contributed by atoms with Crippen LogP contribution < -0.4 is 0 Å². The third kappa shape index (κ3) is 4.64. The number of hydrogen-bond acceptors (Lipinski definition) is 3. The van der Waals surface area contributed by atoms with E-state index in [1.807, 2.05) is 6.92 Å². The number of rotatable bonds is 6. The van der Waals surface area contributed by atoms with E-state index in [4.69, 9.17) is 16.7 Å². The molecule has 0 radical (unpaired) electrons. The van der Waals surface area contributed by atoms with Gasteiger partial charge in [-0.3, -0.25) is 0 Å². The Hall–Kier alpha value is -0.610. The van der Waals surface area contributed by atoms with Crippen molar-refractivity contribution in [1.82, 2.24) is 0 Å². The molecule has 0 spiro atoms. The first-order valence-electron chi connectivity index (χ1n) is 5.77. The Kier molecular flexibility index (Phi) is 5.92. The highest BCUT2D eigenvalue weighted by Gasteiger charge is 2.19. The third-order valence-corrected chi connectivity index (χ3v) is 3.21. The number of aliphatic hydroxyl groups excluding tert-OH is 3. The van der Waals surface area contributed by atoms with E-state index in [2.05, 4.69) is 0 Å². The molecule has 3 unspecified atom stereocenters. The van der Waals surface area contributed by atoms with Gasteiger partial charge in [0.1, 0.15) is 0 Å². The van der Waals surface area contributed by atoms with Gasteiger partial charge in [0, 0.05) is 18.1 Å². The Morgan fingerprint density at radius 3 is 2.29 bits per heavy atom. The molecule has 96 valence electrons. The van der Waals surface area contributed by atoms with E-state index in [0.717, 1.165) is 5.56 Å². The van der Waals surface area contributed by atoms with Crippen molar-refractivity contribution in [2.24, 2.45) is 5.92 Å². The number of aliphatic hydroxyl groups is 3. The van der Waals surface area contributed by atoms with Crippen molar-refractivity contribution >= 4 is 11.6 Å². The maximum absolute atomic E-state index is 9.93. The molecule has 0 aliphatic heterocycles. The molecule has 3 nitrogen and oxygen atoms in total. The predicted molar refractivity (Wildman–Crippen MR) is 67.9 cm³/mol. The molecular formula is C13H19ClO3. The fourth-order valence-corrected chi connectivity index (χ4v) is 1.80. The number of hydrogen-bond donors (Lipinski definition) is 3. The molecule has 0 aromatic heterocycles. The lowest BCUT2D eigenvalue weighted by Gasteiger charge is -2.21. The van der Waals surface area contributed by atoms with Crippen LogP contribution in [0.5, 0.6) is 0 Å². The van der Waals surface area contributed by atoms with Crippen molar-refractivity contribution in [3.8, 4) is 0 Å². The minimum atomic E-state index is -0.705. The number of benzene rings is 1. The highest BCUT2D eigenvalue weighted by Crippen LogP contribution is 2.23. The monoisotopic (exact) mass is 258 g/mol. The summed E-state index contributed by atoms with van der Waals surface area (Å²) in [7, 11) is 0. The van der Waals surface area contributed by atoms with E-state index < -0.39 is 12.2 Å². The van der Waals surface area contributed by atoms with E-state index >= 15 is 0 Å². The molecule has 3 N–H and O–H groups in total. The van der Waals surface area contributed by atoms with Crippen LogP contribution in [-0.2, 0) is 0 Å². The Labute approximate surface area is 107 Å². The minimum absolute atomic E-state index is 0.0260. The highest BCUT2D eigenvalue weighted by atomic mass is 35.5. The largest absolute Gasteiger partial charge is 0.396 e. The molecule has 0 heterocycles. The Balaban J connectivity index is 2.53. The van der Waals surface area contributed by atoms with Crippen LogP contribution in [0, 0.1) is 5.92 Å². The van der Waals surface area contributed by atoms with Crippen LogP contribution in [-0.4, -0.2) is 28.0 Å². The molecule has 0 amide bonds. The zero-order chi connectivity index (χ0) is 12.8. The topological polar surface area (TPSA) is 60.7 Å². The van der Waals surface area contributed by atoms with Gasteiger partial charge in [0.15, 0.2) is 0 Å². The summed E-state index contributed by atoms with van der Waals surface area (Å²) in [6, 6.07) is 6.92. The van der Waals surface area contributed by atoms with Crippen molar-refractivity contribution in [2.45, 2.75) is 32.0 Å². The van der Waals surface area contributed by atoms with Gasteiger partial charge in [0.05, 0.1) is 12.2 Å². The van der Waals surface area contributed by atoms with Gasteiger partial charge in [-0.05, 0) is 30.0 Å². The van der Waals surface area contributed by atoms with Crippen molar-refractivity contribution in [1.29, 1.82) is 0 Å². The first-order chi connectivity index (χ1) is 8.04. The minimum Gasteiger partial charge on any atom is -0.396 e. The summed E-state index contributed by atoms with van der Waals surface area (Å²) in [5, 5.41) is 29.2. The van der Waals surface area contributed by atoms with Crippen LogP contribution in [0.1, 0.15) is 31.4 Å². The molecule has 1 rings (SSSR count). The van der Waals surface area contributed by atoms with Gasteiger partial charge in [-0.15, -0.1) is 0 Å². The summed E-state index contributed by atoms with van der Waals surface area (Å²) in [4.78, 5) is 0. The molecule has 0 fully saturated rings. The second-order valence-electron chi connectivity index (χ2n) is 4.36. The lowest BCUT2D eigenvalue weighted by Crippen LogP contribution is -2.21. The maximum Gasteiger partial charge on any atom is 0.0814 e. The lowest BCUT2D eigenvalue weighted by atomic mass is 9.94. The SMILES string of the molecule is CC(CCO)C(O)CC(O)c1ccc(Cl)cc1. The summed E-state index contributed by atoms with van der Waals surface area (Å²) >= 11 is 5.75. The lowest BCUT2D eigenvalue weighted by molar-refractivity contribution is 0.0401. The van der Waals surface area contributed by atoms with E-state index in [0.29, 0.717) is 11.4 Å². The van der Waals surface area contributed by atoms with Crippen molar-refractivity contribution in [3.63, 3.8) is 0 Å². The highest BCUT2D eigenvalue weighted by molar-refractivity contribution is 6.30. The fourth-order valence-electron chi connectivity index (χ4n) is 1.68. The zero-order valence-electron chi connectivity index (χ0n) is 9.88. The zero-order valence-corrected chi connectivity index (χ0v) is 10.6. The van der Waals surface area contributed by atoms with Crippen LogP contribution in [0.3, 0.4) is 0 Å². The second-order valence-corrected chi connectivity index (χ2v) is 4.80. The van der Waals surface area contributed by atoms with E-state index in [1.165, 1.54) is 0 Å². The van der Waals surface area contributed by atoms with E-state index in [1.54, 1.807) is 24.3 Å². The van der Waals surface area contributed by atoms with Crippen LogP contribution in [0.4, 0.5) is 0 Å². The van der Waals surface area contributed by atoms with Gasteiger partial charge in [-0.25, -0.2) is 0 Å². The molecule has 0 saturated heterocycles. The van der Waals surface area contributed by atoms with Gasteiger partial charge in [-0.1, -0.05) is 30.7 Å². The molecule has 1 aromatic carbocycles. The summed E-state index contributed by atoms with van der Waals surface area (Å²) in [6.45, 7) is 1.91. The maximum atomic E-state index is 9.93. The first kappa shape index (κ1) is 14.5. The van der Waals surface area contributed by atoms with Gasteiger partial charge in [0.25, 0.3) is 0 Å². The second kappa shape index (κ2) is 6.97.